The van der Waals surface area contributed by atoms with Gasteiger partial charge < -0.3 is 20.5 Å². The molecule has 17 heavy (non-hydrogen) atoms. The van der Waals surface area contributed by atoms with Crippen molar-refractivity contribution in [3.05, 3.63) is 0 Å². The number of hydrogen-bond acceptors (Lipinski definition) is 4. The van der Waals surface area contributed by atoms with E-state index in [0.29, 0.717) is 25.5 Å². The third-order valence-electron chi connectivity index (χ3n) is 2.34. The summed E-state index contributed by atoms with van der Waals surface area (Å²) in [5, 5.41) is 14.9. The summed E-state index contributed by atoms with van der Waals surface area (Å²) in [4.78, 5) is 11.6. The summed E-state index contributed by atoms with van der Waals surface area (Å²) in [6, 6.07) is 0.365. The van der Waals surface area contributed by atoms with E-state index in [1.54, 1.807) is 7.11 Å². The number of hydrogen-bond donors (Lipinski definition) is 3. The number of carbonyl (C=O) groups is 1. The number of amides is 1. The number of rotatable bonds is 10. The predicted molar refractivity (Wildman–Crippen MR) is 67.9 cm³/mol. The van der Waals surface area contributed by atoms with E-state index in [9.17, 15) is 4.79 Å². The monoisotopic (exact) mass is 246 g/mol. The fourth-order valence-electron chi connectivity index (χ4n) is 1.49. The van der Waals surface area contributed by atoms with Gasteiger partial charge in [0.25, 0.3) is 0 Å². The third-order valence-corrected chi connectivity index (χ3v) is 2.34. The lowest BCUT2D eigenvalue weighted by Crippen LogP contribution is -2.39. The number of carbonyl (C=O) groups excluding carboxylic acids is 1. The van der Waals surface area contributed by atoms with Gasteiger partial charge in [0, 0.05) is 26.2 Å². The van der Waals surface area contributed by atoms with Crippen molar-refractivity contribution in [3.8, 4) is 0 Å². The largest absolute Gasteiger partial charge is 0.396 e. The first-order chi connectivity index (χ1) is 8.10. The highest BCUT2D eigenvalue weighted by molar-refractivity contribution is 5.76. The lowest BCUT2D eigenvalue weighted by molar-refractivity contribution is -0.122. The van der Waals surface area contributed by atoms with Crippen LogP contribution in [0.2, 0.25) is 0 Å². The second-order valence-corrected chi connectivity index (χ2v) is 4.44. The molecule has 0 bridgehead atoms. The van der Waals surface area contributed by atoms with Gasteiger partial charge in [0.2, 0.25) is 5.91 Å². The Balaban J connectivity index is 3.66. The van der Waals surface area contributed by atoms with Gasteiger partial charge in [-0.05, 0) is 19.4 Å². The van der Waals surface area contributed by atoms with Crippen LogP contribution >= 0.6 is 0 Å². The van der Waals surface area contributed by atoms with Gasteiger partial charge in [0.05, 0.1) is 12.6 Å². The molecular formula is C12H26N2O3. The minimum absolute atomic E-state index is 0.0195. The highest BCUT2D eigenvalue weighted by Crippen LogP contribution is 1.95. The Morgan fingerprint density at radius 2 is 2.12 bits per heavy atom. The van der Waals surface area contributed by atoms with E-state index in [4.69, 9.17) is 9.84 Å². The molecular weight excluding hydrogens is 220 g/mol. The molecule has 0 aromatic carbocycles. The molecule has 102 valence electrons. The SMILES string of the molecule is COCC(CCO)NC(=O)CCCNC(C)C. The quantitative estimate of drug-likeness (QED) is 0.484. The average molecular weight is 246 g/mol. The molecule has 1 atom stereocenters. The summed E-state index contributed by atoms with van der Waals surface area (Å²) < 4.78 is 4.98. The molecule has 0 aliphatic heterocycles. The molecule has 1 unspecified atom stereocenters. The molecule has 0 aliphatic rings. The summed E-state index contributed by atoms with van der Waals surface area (Å²) in [6.07, 6.45) is 1.86. The van der Waals surface area contributed by atoms with E-state index in [-0.39, 0.29) is 18.6 Å². The molecule has 5 nitrogen and oxygen atoms in total. The van der Waals surface area contributed by atoms with Crippen LogP contribution in [0.4, 0.5) is 0 Å². The van der Waals surface area contributed by atoms with Gasteiger partial charge in [-0.15, -0.1) is 0 Å². The molecule has 0 saturated heterocycles. The molecule has 5 heteroatoms. The van der Waals surface area contributed by atoms with Crippen LogP contribution in [-0.2, 0) is 9.53 Å². The van der Waals surface area contributed by atoms with Gasteiger partial charge in [-0.1, -0.05) is 13.8 Å². The van der Waals surface area contributed by atoms with Gasteiger partial charge in [-0.25, -0.2) is 0 Å². The minimum atomic E-state index is -0.0874. The predicted octanol–water partition coefficient (Wildman–Crippen LogP) is 0.278. The van der Waals surface area contributed by atoms with Crippen molar-refractivity contribution in [2.75, 3.05) is 26.9 Å². The zero-order valence-corrected chi connectivity index (χ0v) is 11.2. The molecule has 0 saturated carbocycles. The first-order valence-electron chi connectivity index (χ1n) is 6.22. The van der Waals surface area contributed by atoms with Crippen LogP contribution in [0.15, 0.2) is 0 Å². The van der Waals surface area contributed by atoms with Crippen LogP contribution in [0, 0.1) is 0 Å². The Bertz CT molecular complexity index is 192. The van der Waals surface area contributed by atoms with Crippen LogP contribution in [0.5, 0.6) is 0 Å². The van der Waals surface area contributed by atoms with Crippen LogP contribution in [0.3, 0.4) is 0 Å². The zero-order chi connectivity index (χ0) is 13.1. The summed E-state index contributed by atoms with van der Waals surface area (Å²) in [5.74, 6) is 0.0195. The second kappa shape index (κ2) is 10.5. The Hall–Kier alpha value is -0.650. The minimum Gasteiger partial charge on any atom is -0.396 e. The summed E-state index contributed by atoms with van der Waals surface area (Å²) in [6.45, 7) is 5.51. The first kappa shape index (κ1) is 16.4. The maximum Gasteiger partial charge on any atom is 0.220 e. The number of nitrogens with one attached hydrogen (secondary N) is 2. The van der Waals surface area contributed by atoms with Crippen molar-refractivity contribution in [3.63, 3.8) is 0 Å². The maximum atomic E-state index is 11.6. The summed E-state index contributed by atoms with van der Waals surface area (Å²) in [5.41, 5.74) is 0. The number of aliphatic hydroxyl groups excluding tert-OH is 1. The van der Waals surface area contributed by atoms with Crippen molar-refractivity contribution >= 4 is 5.91 Å². The van der Waals surface area contributed by atoms with E-state index >= 15 is 0 Å². The van der Waals surface area contributed by atoms with Crippen LogP contribution in [0.25, 0.3) is 0 Å². The highest BCUT2D eigenvalue weighted by Gasteiger charge is 2.11. The van der Waals surface area contributed by atoms with E-state index in [2.05, 4.69) is 24.5 Å². The van der Waals surface area contributed by atoms with Gasteiger partial charge in [-0.2, -0.15) is 0 Å². The van der Waals surface area contributed by atoms with Gasteiger partial charge in [0.15, 0.2) is 0 Å². The maximum absolute atomic E-state index is 11.6. The van der Waals surface area contributed by atoms with Crippen molar-refractivity contribution in [1.82, 2.24) is 10.6 Å². The molecule has 0 radical (unpaired) electrons. The summed E-state index contributed by atoms with van der Waals surface area (Å²) >= 11 is 0. The fourth-order valence-corrected chi connectivity index (χ4v) is 1.49. The van der Waals surface area contributed by atoms with E-state index in [0.717, 1.165) is 13.0 Å². The Morgan fingerprint density at radius 3 is 2.65 bits per heavy atom. The van der Waals surface area contributed by atoms with Crippen molar-refractivity contribution in [1.29, 1.82) is 0 Å². The highest BCUT2D eigenvalue weighted by atomic mass is 16.5. The summed E-state index contributed by atoms with van der Waals surface area (Å²) in [7, 11) is 1.59. The molecule has 0 aliphatic carbocycles. The van der Waals surface area contributed by atoms with E-state index in [1.165, 1.54) is 0 Å². The number of ether oxygens (including phenoxy) is 1. The molecule has 0 rings (SSSR count). The second-order valence-electron chi connectivity index (χ2n) is 4.44. The third kappa shape index (κ3) is 10.2. The van der Waals surface area contributed by atoms with Gasteiger partial charge in [0.1, 0.15) is 0 Å². The van der Waals surface area contributed by atoms with Crippen LogP contribution in [0.1, 0.15) is 33.1 Å². The Kier molecular flexibility index (Phi) is 10.1. The molecule has 0 fully saturated rings. The lowest BCUT2D eigenvalue weighted by Gasteiger charge is -2.16. The smallest absolute Gasteiger partial charge is 0.220 e. The molecule has 1 amide bonds. The van der Waals surface area contributed by atoms with Gasteiger partial charge in [-0.3, -0.25) is 4.79 Å². The Morgan fingerprint density at radius 1 is 1.41 bits per heavy atom. The van der Waals surface area contributed by atoms with Crippen molar-refractivity contribution < 1.29 is 14.6 Å². The molecule has 3 N–H and O–H groups in total. The molecule has 0 heterocycles. The van der Waals surface area contributed by atoms with Gasteiger partial charge >= 0.3 is 0 Å². The van der Waals surface area contributed by atoms with Crippen LogP contribution in [-0.4, -0.2) is 50.0 Å². The standard InChI is InChI=1S/C12H26N2O3/c1-10(2)13-7-4-5-12(16)14-11(6-8-15)9-17-3/h10-11,13,15H,4-9H2,1-3H3,(H,14,16). The lowest BCUT2D eigenvalue weighted by atomic mass is 10.2. The fraction of sp³-hybridized carbons (Fsp3) is 0.917. The molecule has 0 spiro atoms. The number of aliphatic hydroxyl groups is 1. The van der Waals surface area contributed by atoms with Crippen LogP contribution < -0.4 is 10.6 Å². The zero-order valence-electron chi connectivity index (χ0n) is 11.2. The number of methoxy groups -OCH3 is 1. The van der Waals surface area contributed by atoms with Crippen molar-refractivity contribution in [2.45, 2.75) is 45.2 Å². The normalized spacial score (nSPS) is 12.8. The topological polar surface area (TPSA) is 70.6 Å². The molecule has 0 aromatic rings. The van der Waals surface area contributed by atoms with E-state index < -0.39 is 0 Å². The Labute approximate surface area is 104 Å². The van der Waals surface area contributed by atoms with Crippen molar-refractivity contribution in [2.24, 2.45) is 0 Å². The average Bonchev–Trinajstić information content (AvgIpc) is 2.25. The molecule has 0 aromatic heterocycles. The van der Waals surface area contributed by atoms with E-state index in [1.807, 2.05) is 0 Å². The first-order valence-corrected chi connectivity index (χ1v) is 6.22.